The molecule has 4 nitrogen and oxygen atoms in total. The Kier molecular flexibility index (Phi) is 2.58. The van der Waals surface area contributed by atoms with E-state index < -0.39 is 0 Å². The molecule has 0 amide bonds. The number of pyridine rings is 1. The first-order valence-corrected chi connectivity index (χ1v) is 5.55. The molecule has 0 saturated heterocycles. The molecule has 0 atom stereocenters. The molecule has 0 N–H and O–H groups in total. The molecule has 0 saturated carbocycles. The van der Waals surface area contributed by atoms with Crippen molar-refractivity contribution in [2.45, 2.75) is 19.9 Å². The van der Waals surface area contributed by atoms with Gasteiger partial charge in [0.05, 0.1) is 0 Å². The van der Waals surface area contributed by atoms with Crippen molar-refractivity contribution >= 4 is 28.2 Å². The molecule has 5 heteroatoms. The van der Waals surface area contributed by atoms with E-state index in [1.807, 2.05) is 19.1 Å². The highest BCUT2D eigenvalue weighted by molar-refractivity contribution is 14.1. The third kappa shape index (κ3) is 1.56. The quantitative estimate of drug-likeness (QED) is 0.789. The van der Waals surface area contributed by atoms with Crippen LogP contribution in [0, 0.1) is 3.57 Å². The van der Waals surface area contributed by atoms with E-state index in [-0.39, 0.29) is 5.69 Å². The first-order chi connectivity index (χ1) is 6.72. The van der Waals surface area contributed by atoms with Crippen molar-refractivity contribution < 1.29 is 0 Å². The molecule has 0 aliphatic heterocycles. The summed E-state index contributed by atoms with van der Waals surface area (Å²) in [7, 11) is 0. The Balaban J connectivity index is 2.67. The predicted molar refractivity (Wildman–Crippen MR) is 62.5 cm³/mol. The molecule has 0 bridgehead atoms. The maximum Gasteiger partial charge on any atom is 0.350 e. The molecule has 2 aromatic rings. The van der Waals surface area contributed by atoms with Crippen LogP contribution < -0.4 is 5.69 Å². The molecule has 0 radical (unpaired) electrons. The van der Waals surface area contributed by atoms with Gasteiger partial charge in [-0.05, 0) is 41.1 Å². The highest BCUT2D eigenvalue weighted by Crippen LogP contribution is 2.05. The zero-order chi connectivity index (χ0) is 10.1. The Morgan fingerprint density at radius 2 is 2.36 bits per heavy atom. The monoisotopic (exact) mass is 303 g/mol. The number of halogens is 1. The molecular formula is C9H10IN3O. The van der Waals surface area contributed by atoms with Gasteiger partial charge in [-0.1, -0.05) is 6.92 Å². The zero-order valence-electron chi connectivity index (χ0n) is 7.77. The molecule has 2 rings (SSSR count). The molecule has 0 aliphatic rings. The summed E-state index contributed by atoms with van der Waals surface area (Å²) in [6.07, 6.45) is 2.68. The summed E-state index contributed by atoms with van der Waals surface area (Å²) in [4.78, 5) is 11.7. The van der Waals surface area contributed by atoms with Crippen LogP contribution in [0.15, 0.2) is 23.1 Å². The van der Waals surface area contributed by atoms with E-state index in [1.165, 1.54) is 4.68 Å². The number of aromatic nitrogens is 3. The molecule has 14 heavy (non-hydrogen) atoms. The smallest absolute Gasteiger partial charge is 0.250 e. The molecule has 0 spiro atoms. The highest BCUT2D eigenvalue weighted by atomic mass is 127. The van der Waals surface area contributed by atoms with Gasteiger partial charge in [0.2, 0.25) is 0 Å². The fraction of sp³-hybridized carbons (Fsp3) is 0.333. The largest absolute Gasteiger partial charge is 0.350 e. The second kappa shape index (κ2) is 3.72. The topological polar surface area (TPSA) is 39.3 Å². The average molecular weight is 303 g/mol. The molecule has 0 aliphatic carbocycles. The maximum atomic E-state index is 11.7. The van der Waals surface area contributed by atoms with E-state index in [4.69, 9.17) is 0 Å². The Labute approximate surface area is 94.7 Å². The summed E-state index contributed by atoms with van der Waals surface area (Å²) in [6.45, 7) is 2.71. The lowest BCUT2D eigenvalue weighted by Gasteiger charge is -1.91. The second-order valence-electron chi connectivity index (χ2n) is 3.08. The first-order valence-electron chi connectivity index (χ1n) is 4.47. The first kappa shape index (κ1) is 9.70. The van der Waals surface area contributed by atoms with Gasteiger partial charge in [-0.2, -0.15) is 0 Å². The molecular weight excluding hydrogens is 293 g/mol. The van der Waals surface area contributed by atoms with Crippen molar-refractivity contribution in [2.75, 3.05) is 0 Å². The van der Waals surface area contributed by atoms with Gasteiger partial charge < -0.3 is 0 Å². The molecule has 0 fully saturated rings. The van der Waals surface area contributed by atoms with Crippen LogP contribution in [0.1, 0.15) is 13.3 Å². The van der Waals surface area contributed by atoms with E-state index in [2.05, 4.69) is 27.7 Å². The summed E-state index contributed by atoms with van der Waals surface area (Å²) < 4.78 is 4.16. The maximum absolute atomic E-state index is 11.7. The minimum atomic E-state index is -0.0572. The van der Waals surface area contributed by atoms with Crippen molar-refractivity contribution in [3.05, 3.63) is 32.4 Å². The van der Waals surface area contributed by atoms with Crippen LogP contribution in [0.2, 0.25) is 0 Å². The van der Waals surface area contributed by atoms with Gasteiger partial charge in [0, 0.05) is 16.3 Å². The van der Waals surface area contributed by atoms with Crippen LogP contribution in [-0.2, 0) is 6.54 Å². The third-order valence-electron chi connectivity index (χ3n) is 1.98. The van der Waals surface area contributed by atoms with Crippen molar-refractivity contribution in [2.24, 2.45) is 0 Å². The third-order valence-corrected chi connectivity index (χ3v) is 2.65. The summed E-state index contributed by atoms with van der Waals surface area (Å²) in [5.74, 6) is 0. The van der Waals surface area contributed by atoms with Crippen molar-refractivity contribution in [1.29, 1.82) is 0 Å². The minimum Gasteiger partial charge on any atom is -0.250 e. The van der Waals surface area contributed by atoms with Crippen LogP contribution in [-0.4, -0.2) is 14.2 Å². The van der Waals surface area contributed by atoms with E-state index >= 15 is 0 Å². The average Bonchev–Trinajstić information content (AvgIpc) is 2.44. The Hall–Kier alpha value is -0.850. The number of hydrogen-bond acceptors (Lipinski definition) is 2. The van der Waals surface area contributed by atoms with Gasteiger partial charge in [-0.25, -0.2) is 9.48 Å². The highest BCUT2D eigenvalue weighted by Gasteiger charge is 2.04. The number of hydrogen-bond donors (Lipinski definition) is 0. The lowest BCUT2D eigenvalue weighted by molar-refractivity contribution is 0.582. The number of rotatable bonds is 2. The molecule has 74 valence electrons. The second-order valence-corrected chi connectivity index (χ2v) is 4.32. The van der Waals surface area contributed by atoms with Crippen LogP contribution in [0.25, 0.3) is 5.65 Å². The summed E-state index contributed by atoms with van der Waals surface area (Å²) in [5.41, 5.74) is 0.661. The van der Waals surface area contributed by atoms with Crippen molar-refractivity contribution in [3.63, 3.8) is 0 Å². The van der Waals surface area contributed by atoms with Crippen molar-refractivity contribution in [3.8, 4) is 0 Å². The minimum absolute atomic E-state index is 0.0572. The fourth-order valence-corrected chi connectivity index (χ4v) is 1.79. The molecule has 0 aromatic carbocycles. The van der Waals surface area contributed by atoms with Gasteiger partial charge in [0.15, 0.2) is 5.65 Å². The van der Waals surface area contributed by atoms with E-state index in [1.54, 1.807) is 10.6 Å². The number of nitrogens with zero attached hydrogens (tertiary/aromatic N) is 3. The van der Waals surface area contributed by atoms with Crippen LogP contribution in [0.4, 0.5) is 0 Å². The lowest BCUT2D eigenvalue weighted by atomic mass is 10.5. The lowest BCUT2D eigenvalue weighted by Crippen LogP contribution is -2.20. The predicted octanol–water partition coefficient (Wildman–Crippen LogP) is 1.51. The SMILES string of the molecule is CCCn1nc2cc(I)ccn2c1=O. The summed E-state index contributed by atoms with van der Waals surface area (Å²) >= 11 is 2.21. The Morgan fingerprint density at radius 1 is 1.57 bits per heavy atom. The fourth-order valence-electron chi connectivity index (χ4n) is 1.35. The van der Waals surface area contributed by atoms with Gasteiger partial charge >= 0.3 is 5.69 Å². The van der Waals surface area contributed by atoms with E-state index in [0.29, 0.717) is 6.54 Å². The number of fused-ring (bicyclic) bond motifs is 1. The zero-order valence-corrected chi connectivity index (χ0v) is 9.93. The normalized spacial score (nSPS) is 11.0. The van der Waals surface area contributed by atoms with Gasteiger partial charge in [0.25, 0.3) is 0 Å². The van der Waals surface area contributed by atoms with Gasteiger partial charge in [-0.15, -0.1) is 5.10 Å². The molecule has 2 aromatic heterocycles. The standard InChI is InChI=1S/C9H10IN3O/c1-2-4-13-9(14)12-5-3-7(10)6-8(12)11-13/h3,5-6H,2,4H2,1H3. The van der Waals surface area contributed by atoms with Crippen LogP contribution in [0.3, 0.4) is 0 Å². The Bertz CT molecular complexity index is 514. The van der Waals surface area contributed by atoms with Crippen molar-refractivity contribution in [1.82, 2.24) is 14.2 Å². The van der Waals surface area contributed by atoms with E-state index in [9.17, 15) is 4.79 Å². The van der Waals surface area contributed by atoms with Gasteiger partial charge in [-0.3, -0.25) is 4.40 Å². The molecule has 2 heterocycles. The summed E-state index contributed by atoms with van der Waals surface area (Å²) in [6, 6.07) is 3.79. The van der Waals surface area contributed by atoms with E-state index in [0.717, 1.165) is 15.6 Å². The van der Waals surface area contributed by atoms with Gasteiger partial charge in [0.1, 0.15) is 0 Å². The van der Waals surface area contributed by atoms with Crippen LogP contribution >= 0.6 is 22.6 Å². The molecule has 0 unspecified atom stereocenters. The Morgan fingerprint density at radius 3 is 3.07 bits per heavy atom. The summed E-state index contributed by atoms with van der Waals surface area (Å²) in [5, 5.41) is 4.23. The van der Waals surface area contributed by atoms with Crippen LogP contribution in [0.5, 0.6) is 0 Å². The number of aryl methyl sites for hydroxylation is 1.